The second-order valence-corrected chi connectivity index (χ2v) is 5.04. The second-order valence-electron chi connectivity index (χ2n) is 4.18. The van der Waals surface area contributed by atoms with Crippen LogP contribution in [0, 0.1) is 6.92 Å². The average Bonchev–Trinajstić information content (AvgIpc) is 2.68. The van der Waals surface area contributed by atoms with Gasteiger partial charge in [-0.3, -0.25) is 4.68 Å². The van der Waals surface area contributed by atoms with Crippen molar-refractivity contribution in [2.45, 2.75) is 13.3 Å². The molecule has 2 rings (SSSR count). The maximum atomic E-state index is 4.15. The molecule has 0 radical (unpaired) electrons. The molecular formula is C13H16BrN3. The van der Waals surface area contributed by atoms with Gasteiger partial charge in [-0.2, -0.15) is 5.10 Å². The molecule has 0 aliphatic heterocycles. The quantitative estimate of drug-likeness (QED) is 0.939. The summed E-state index contributed by atoms with van der Waals surface area (Å²) in [5.41, 5.74) is 3.65. The Morgan fingerprint density at radius 3 is 2.88 bits per heavy atom. The summed E-state index contributed by atoms with van der Waals surface area (Å²) < 4.78 is 2.95. The number of nitrogens with zero attached hydrogens (tertiary/aromatic N) is 2. The highest BCUT2D eigenvalue weighted by atomic mass is 79.9. The molecule has 0 amide bonds. The summed E-state index contributed by atoms with van der Waals surface area (Å²) in [6.45, 7) is 3.00. The zero-order chi connectivity index (χ0) is 12.3. The Hall–Kier alpha value is -1.29. The molecule has 4 heteroatoms. The van der Waals surface area contributed by atoms with Crippen LogP contribution in [0.2, 0.25) is 0 Å². The van der Waals surface area contributed by atoms with Crippen LogP contribution >= 0.6 is 15.9 Å². The van der Waals surface area contributed by atoms with Crippen LogP contribution in [0.4, 0.5) is 5.69 Å². The van der Waals surface area contributed by atoms with Crippen molar-refractivity contribution >= 4 is 21.6 Å². The van der Waals surface area contributed by atoms with Crippen LogP contribution < -0.4 is 5.32 Å². The van der Waals surface area contributed by atoms with Gasteiger partial charge in [0.2, 0.25) is 0 Å². The minimum absolute atomic E-state index is 0.910. The lowest BCUT2D eigenvalue weighted by atomic mass is 10.2. The molecule has 1 N–H and O–H groups in total. The van der Waals surface area contributed by atoms with E-state index in [1.807, 2.05) is 24.1 Å². The maximum absolute atomic E-state index is 4.15. The van der Waals surface area contributed by atoms with Crippen molar-refractivity contribution in [1.29, 1.82) is 0 Å². The number of rotatable bonds is 4. The number of nitrogens with one attached hydrogen (secondary N) is 1. The lowest BCUT2D eigenvalue weighted by Crippen LogP contribution is -2.04. The SMILES string of the molecule is Cc1ccc(NCCc2cnn(C)c2)c(Br)c1. The normalized spacial score (nSPS) is 10.5. The molecule has 1 aromatic carbocycles. The van der Waals surface area contributed by atoms with E-state index < -0.39 is 0 Å². The van der Waals surface area contributed by atoms with Crippen molar-refractivity contribution in [3.05, 3.63) is 46.2 Å². The summed E-state index contributed by atoms with van der Waals surface area (Å²) in [5, 5.41) is 7.57. The van der Waals surface area contributed by atoms with Gasteiger partial charge in [-0.1, -0.05) is 6.07 Å². The van der Waals surface area contributed by atoms with Gasteiger partial charge in [0, 0.05) is 29.9 Å². The van der Waals surface area contributed by atoms with Crippen LogP contribution in [0.1, 0.15) is 11.1 Å². The fourth-order valence-corrected chi connectivity index (χ4v) is 2.34. The Bertz CT molecular complexity index is 505. The third kappa shape index (κ3) is 3.33. The molecule has 0 unspecified atom stereocenters. The Kier molecular flexibility index (Phi) is 3.84. The minimum Gasteiger partial charge on any atom is -0.384 e. The van der Waals surface area contributed by atoms with Crippen molar-refractivity contribution in [3.63, 3.8) is 0 Å². The number of anilines is 1. The summed E-state index contributed by atoms with van der Waals surface area (Å²) >= 11 is 3.56. The third-order valence-electron chi connectivity index (χ3n) is 2.61. The molecule has 2 aromatic rings. The first-order valence-electron chi connectivity index (χ1n) is 5.63. The van der Waals surface area contributed by atoms with E-state index >= 15 is 0 Å². The van der Waals surface area contributed by atoms with Gasteiger partial charge in [0.1, 0.15) is 0 Å². The van der Waals surface area contributed by atoms with E-state index in [-0.39, 0.29) is 0 Å². The summed E-state index contributed by atoms with van der Waals surface area (Å²) in [6, 6.07) is 6.33. The van der Waals surface area contributed by atoms with E-state index in [9.17, 15) is 0 Å². The van der Waals surface area contributed by atoms with Crippen LogP contribution in [-0.4, -0.2) is 16.3 Å². The topological polar surface area (TPSA) is 29.9 Å². The smallest absolute Gasteiger partial charge is 0.0522 e. The van der Waals surface area contributed by atoms with E-state index in [1.54, 1.807) is 0 Å². The van der Waals surface area contributed by atoms with Gasteiger partial charge in [0.25, 0.3) is 0 Å². The van der Waals surface area contributed by atoms with Crippen LogP contribution in [0.15, 0.2) is 35.1 Å². The van der Waals surface area contributed by atoms with E-state index in [2.05, 4.69) is 51.5 Å². The van der Waals surface area contributed by atoms with Crippen LogP contribution in [0.25, 0.3) is 0 Å². The van der Waals surface area contributed by atoms with E-state index in [0.717, 1.165) is 23.1 Å². The summed E-state index contributed by atoms with van der Waals surface area (Å²) in [4.78, 5) is 0. The zero-order valence-corrected chi connectivity index (χ0v) is 11.7. The van der Waals surface area contributed by atoms with Crippen molar-refractivity contribution in [1.82, 2.24) is 9.78 Å². The van der Waals surface area contributed by atoms with Crippen molar-refractivity contribution in [2.75, 3.05) is 11.9 Å². The highest BCUT2D eigenvalue weighted by Gasteiger charge is 2.00. The van der Waals surface area contributed by atoms with Crippen molar-refractivity contribution in [3.8, 4) is 0 Å². The minimum atomic E-state index is 0.910. The van der Waals surface area contributed by atoms with Gasteiger partial charge in [-0.25, -0.2) is 0 Å². The number of aryl methyl sites for hydroxylation is 2. The summed E-state index contributed by atoms with van der Waals surface area (Å²) in [6.07, 6.45) is 4.94. The predicted molar refractivity (Wildman–Crippen MR) is 74.3 cm³/mol. The molecule has 0 aliphatic carbocycles. The lowest BCUT2D eigenvalue weighted by molar-refractivity contribution is 0.767. The van der Waals surface area contributed by atoms with Gasteiger partial charge in [0.15, 0.2) is 0 Å². The molecule has 0 aliphatic rings. The number of halogens is 1. The van der Waals surface area contributed by atoms with Crippen molar-refractivity contribution in [2.24, 2.45) is 7.05 Å². The molecule has 3 nitrogen and oxygen atoms in total. The van der Waals surface area contributed by atoms with Crippen LogP contribution in [0.3, 0.4) is 0 Å². The second kappa shape index (κ2) is 5.36. The molecule has 0 bridgehead atoms. The van der Waals surface area contributed by atoms with E-state index in [1.165, 1.54) is 11.1 Å². The fourth-order valence-electron chi connectivity index (χ4n) is 1.71. The number of benzene rings is 1. The molecule has 0 spiro atoms. The molecule has 1 heterocycles. The molecule has 0 fully saturated rings. The zero-order valence-electron chi connectivity index (χ0n) is 10.1. The monoisotopic (exact) mass is 293 g/mol. The Morgan fingerprint density at radius 1 is 1.41 bits per heavy atom. The highest BCUT2D eigenvalue weighted by molar-refractivity contribution is 9.10. The Labute approximate surface area is 110 Å². The van der Waals surface area contributed by atoms with Crippen molar-refractivity contribution < 1.29 is 0 Å². The standard InChI is InChI=1S/C13H16BrN3/c1-10-3-4-13(12(14)7-10)15-6-5-11-8-16-17(2)9-11/h3-4,7-9,15H,5-6H2,1-2H3. The molecule has 0 saturated heterocycles. The van der Waals surface area contributed by atoms with Gasteiger partial charge < -0.3 is 5.32 Å². The Balaban J connectivity index is 1.90. The molecule has 1 aromatic heterocycles. The number of hydrogen-bond acceptors (Lipinski definition) is 2. The fraction of sp³-hybridized carbons (Fsp3) is 0.308. The highest BCUT2D eigenvalue weighted by Crippen LogP contribution is 2.23. The molecular weight excluding hydrogens is 278 g/mol. The lowest BCUT2D eigenvalue weighted by Gasteiger charge is -2.08. The van der Waals surface area contributed by atoms with Gasteiger partial charge in [-0.15, -0.1) is 0 Å². The van der Waals surface area contributed by atoms with Crippen LogP contribution in [0.5, 0.6) is 0 Å². The van der Waals surface area contributed by atoms with Gasteiger partial charge >= 0.3 is 0 Å². The summed E-state index contributed by atoms with van der Waals surface area (Å²) in [7, 11) is 1.94. The molecule has 17 heavy (non-hydrogen) atoms. The maximum Gasteiger partial charge on any atom is 0.0522 e. The predicted octanol–water partition coefficient (Wildman–Crippen LogP) is 3.15. The number of aromatic nitrogens is 2. The summed E-state index contributed by atoms with van der Waals surface area (Å²) in [5.74, 6) is 0. The molecule has 0 atom stereocenters. The Morgan fingerprint density at radius 2 is 2.24 bits per heavy atom. The van der Waals surface area contributed by atoms with Crippen LogP contribution in [-0.2, 0) is 13.5 Å². The van der Waals surface area contributed by atoms with Gasteiger partial charge in [-0.05, 0) is 52.5 Å². The largest absolute Gasteiger partial charge is 0.384 e. The van der Waals surface area contributed by atoms with E-state index in [4.69, 9.17) is 0 Å². The third-order valence-corrected chi connectivity index (χ3v) is 3.27. The van der Waals surface area contributed by atoms with E-state index in [0.29, 0.717) is 0 Å². The molecule has 0 saturated carbocycles. The number of hydrogen-bond donors (Lipinski definition) is 1. The van der Waals surface area contributed by atoms with Gasteiger partial charge in [0.05, 0.1) is 6.20 Å². The first-order chi connectivity index (χ1) is 8.15. The average molecular weight is 294 g/mol. The first-order valence-corrected chi connectivity index (χ1v) is 6.42. The first kappa shape index (κ1) is 12.2. The molecule has 90 valence electrons.